The lowest BCUT2D eigenvalue weighted by atomic mass is 9.98. The normalized spacial score (nSPS) is 17.9. The number of piperazine rings is 1. The summed E-state index contributed by atoms with van der Waals surface area (Å²) in [5.74, 6) is -1.56. The van der Waals surface area contributed by atoms with Crippen molar-refractivity contribution in [3.63, 3.8) is 0 Å². The minimum atomic E-state index is -5.75. The Hall–Kier alpha value is -2.59. The first-order valence-corrected chi connectivity index (χ1v) is 10.3. The second-order valence-corrected chi connectivity index (χ2v) is 8.10. The van der Waals surface area contributed by atoms with Crippen LogP contribution < -0.4 is 5.32 Å². The SMILES string of the molecule is Cc1cccc(-c2ccc(CN3CCNCC3C(=O)OC(C(F)(F)F)C(F)(F)F)c(C)c2)c1. The molecule has 0 aliphatic carbocycles. The second-order valence-electron chi connectivity index (χ2n) is 8.10. The summed E-state index contributed by atoms with van der Waals surface area (Å²) in [4.78, 5) is 13.9. The Balaban J connectivity index is 1.77. The van der Waals surface area contributed by atoms with E-state index in [4.69, 9.17) is 0 Å². The van der Waals surface area contributed by atoms with Crippen LogP contribution in [0.15, 0.2) is 42.5 Å². The molecule has 4 nitrogen and oxygen atoms in total. The van der Waals surface area contributed by atoms with Crippen molar-refractivity contribution in [2.45, 2.75) is 44.9 Å². The summed E-state index contributed by atoms with van der Waals surface area (Å²) in [6.07, 6.45) is -15.6. The molecule has 0 amide bonds. The van der Waals surface area contributed by atoms with E-state index in [-0.39, 0.29) is 19.6 Å². The highest BCUT2D eigenvalue weighted by molar-refractivity contribution is 5.76. The molecular weight excluding hydrogens is 450 g/mol. The van der Waals surface area contributed by atoms with Crippen molar-refractivity contribution >= 4 is 5.97 Å². The number of alkyl halides is 6. The number of hydrogen-bond donors (Lipinski definition) is 1. The lowest BCUT2D eigenvalue weighted by Gasteiger charge is -2.36. The number of hydrogen-bond acceptors (Lipinski definition) is 4. The highest BCUT2D eigenvalue weighted by Crippen LogP contribution is 2.36. The highest BCUT2D eigenvalue weighted by atomic mass is 19.4. The molecule has 2 aromatic carbocycles. The number of esters is 1. The molecule has 1 atom stereocenters. The van der Waals surface area contributed by atoms with Gasteiger partial charge in [0.1, 0.15) is 6.04 Å². The second kappa shape index (κ2) is 9.72. The standard InChI is InChI=1S/C23H24F6N2O2/c1-14-4-3-5-16(10-14)17-6-7-18(15(2)11-17)13-31-9-8-30-12-19(31)20(32)33-21(22(24,25)26)23(27,28)29/h3-7,10-11,19,21,30H,8-9,12-13H2,1-2H3. The van der Waals surface area contributed by atoms with Gasteiger partial charge in [0.05, 0.1) is 0 Å². The number of carbonyl (C=O) groups excluding carboxylic acids is 1. The van der Waals surface area contributed by atoms with Gasteiger partial charge in [0, 0.05) is 26.2 Å². The van der Waals surface area contributed by atoms with Crippen molar-refractivity contribution in [3.8, 4) is 11.1 Å². The predicted octanol–water partition coefficient (Wildman–Crippen LogP) is 4.78. The molecular formula is C23H24F6N2O2. The number of aryl methyl sites for hydroxylation is 2. The fourth-order valence-electron chi connectivity index (χ4n) is 3.78. The molecule has 33 heavy (non-hydrogen) atoms. The van der Waals surface area contributed by atoms with Gasteiger partial charge >= 0.3 is 18.3 Å². The first kappa shape index (κ1) is 25.0. The zero-order valence-corrected chi connectivity index (χ0v) is 18.1. The fraction of sp³-hybridized carbons (Fsp3) is 0.435. The zero-order valence-electron chi connectivity index (χ0n) is 18.1. The van der Waals surface area contributed by atoms with Gasteiger partial charge in [-0.05, 0) is 36.1 Å². The molecule has 0 saturated carbocycles. The molecule has 1 fully saturated rings. The third-order valence-corrected chi connectivity index (χ3v) is 5.52. The summed E-state index contributed by atoms with van der Waals surface area (Å²) >= 11 is 0. The van der Waals surface area contributed by atoms with Crippen molar-refractivity contribution in [2.75, 3.05) is 19.6 Å². The molecule has 0 bridgehead atoms. The van der Waals surface area contributed by atoms with Gasteiger partial charge in [-0.15, -0.1) is 0 Å². The molecule has 3 rings (SSSR count). The van der Waals surface area contributed by atoms with Crippen molar-refractivity contribution in [2.24, 2.45) is 0 Å². The lowest BCUT2D eigenvalue weighted by molar-refractivity contribution is -0.314. The topological polar surface area (TPSA) is 41.6 Å². The van der Waals surface area contributed by atoms with Crippen LogP contribution in [0.4, 0.5) is 26.3 Å². The maximum Gasteiger partial charge on any atom is 0.434 e. The lowest BCUT2D eigenvalue weighted by Crippen LogP contribution is -2.57. The van der Waals surface area contributed by atoms with Crippen LogP contribution in [0.5, 0.6) is 0 Å². The highest BCUT2D eigenvalue weighted by Gasteiger charge is 2.60. The number of nitrogens with one attached hydrogen (secondary N) is 1. The van der Waals surface area contributed by atoms with E-state index < -0.39 is 30.5 Å². The molecule has 180 valence electrons. The Kier molecular flexibility index (Phi) is 7.38. The molecule has 0 aromatic heterocycles. The summed E-state index contributed by atoms with van der Waals surface area (Å²) < 4.78 is 80.8. The van der Waals surface area contributed by atoms with Crippen LogP contribution in [0.3, 0.4) is 0 Å². The monoisotopic (exact) mass is 474 g/mol. The van der Waals surface area contributed by atoms with Crippen molar-refractivity contribution in [1.29, 1.82) is 0 Å². The summed E-state index contributed by atoms with van der Waals surface area (Å²) in [7, 11) is 0. The van der Waals surface area contributed by atoms with Crippen molar-refractivity contribution in [3.05, 3.63) is 59.2 Å². The molecule has 10 heteroatoms. The van der Waals surface area contributed by atoms with Crippen LogP contribution in [0, 0.1) is 13.8 Å². The minimum absolute atomic E-state index is 0.109. The van der Waals surface area contributed by atoms with Gasteiger partial charge in [-0.3, -0.25) is 9.69 Å². The molecule has 1 aliphatic heterocycles. The largest absolute Gasteiger partial charge is 0.442 e. The summed E-state index contributed by atoms with van der Waals surface area (Å²) in [5, 5.41) is 2.83. The van der Waals surface area contributed by atoms with Gasteiger partial charge in [-0.1, -0.05) is 48.0 Å². The van der Waals surface area contributed by atoms with Gasteiger partial charge in [0.25, 0.3) is 6.10 Å². The van der Waals surface area contributed by atoms with E-state index in [9.17, 15) is 31.1 Å². The molecule has 1 saturated heterocycles. The van der Waals surface area contributed by atoms with Gasteiger partial charge in [0.15, 0.2) is 0 Å². The number of carbonyl (C=O) groups is 1. The molecule has 1 aliphatic rings. The van der Waals surface area contributed by atoms with Gasteiger partial charge < -0.3 is 10.1 Å². The molecule has 0 spiro atoms. The zero-order chi connectivity index (χ0) is 24.4. The maximum absolute atomic E-state index is 12.8. The fourth-order valence-corrected chi connectivity index (χ4v) is 3.78. The van der Waals surface area contributed by atoms with Crippen LogP contribution in [-0.4, -0.2) is 55.0 Å². The third-order valence-electron chi connectivity index (χ3n) is 5.52. The summed E-state index contributed by atoms with van der Waals surface area (Å²) in [6, 6.07) is 12.4. The van der Waals surface area contributed by atoms with E-state index in [1.165, 1.54) is 4.90 Å². The Morgan fingerprint density at radius 3 is 2.33 bits per heavy atom. The van der Waals surface area contributed by atoms with E-state index in [0.717, 1.165) is 27.8 Å². The van der Waals surface area contributed by atoms with Crippen LogP contribution >= 0.6 is 0 Å². The molecule has 2 aromatic rings. The summed E-state index contributed by atoms with van der Waals surface area (Å²) in [5.41, 5.74) is 4.82. The first-order valence-electron chi connectivity index (χ1n) is 10.3. The first-order chi connectivity index (χ1) is 15.4. The number of nitrogens with zero attached hydrogens (tertiary/aromatic N) is 1. The number of benzene rings is 2. The van der Waals surface area contributed by atoms with Crippen LogP contribution in [-0.2, 0) is 16.1 Å². The average molecular weight is 474 g/mol. The third kappa shape index (κ3) is 6.26. The van der Waals surface area contributed by atoms with Gasteiger partial charge in [-0.2, -0.15) is 26.3 Å². The van der Waals surface area contributed by atoms with Crippen LogP contribution in [0.1, 0.15) is 16.7 Å². The van der Waals surface area contributed by atoms with Crippen molar-refractivity contribution < 1.29 is 35.9 Å². The van der Waals surface area contributed by atoms with Gasteiger partial charge in [0.2, 0.25) is 0 Å². The van der Waals surface area contributed by atoms with Crippen LogP contribution in [0.25, 0.3) is 11.1 Å². The summed E-state index contributed by atoms with van der Waals surface area (Å²) in [6.45, 7) is 4.63. The Bertz CT molecular complexity index is 976. The average Bonchev–Trinajstić information content (AvgIpc) is 2.72. The van der Waals surface area contributed by atoms with E-state index in [0.29, 0.717) is 6.54 Å². The van der Waals surface area contributed by atoms with E-state index in [2.05, 4.69) is 10.1 Å². The number of rotatable bonds is 5. The predicted molar refractivity (Wildman–Crippen MR) is 110 cm³/mol. The smallest absolute Gasteiger partial charge is 0.434 e. The Morgan fingerprint density at radius 2 is 1.73 bits per heavy atom. The van der Waals surface area contributed by atoms with Crippen molar-refractivity contribution in [1.82, 2.24) is 10.2 Å². The minimum Gasteiger partial charge on any atom is -0.442 e. The van der Waals surface area contributed by atoms with E-state index in [1.54, 1.807) is 0 Å². The molecule has 0 radical (unpaired) electrons. The quantitative estimate of drug-likeness (QED) is 0.500. The molecule has 1 unspecified atom stereocenters. The number of ether oxygens (including phenoxy) is 1. The molecule has 1 heterocycles. The number of halogens is 6. The van der Waals surface area contributed by atoms with E-state index in [1.807, 2.05) is 56.3 Å². The van der Waals surface area contributed by atoms with Gasteiger partial charge in [-0.25, -0.2) is 0 Å². The molecule has 1 N–H and O–H groups in total. The van der Waals surface area contributed by atoms with E-state index >= 15 is 0 Å². The Labute approximate surface area is 187 Å². The maximum atomic E-state index is 12.8. The van der Waals surface area contributed by atoms with Crippen LogP contribution in [0.2, 0.25) is 0 Å². The Morgan fingerprint density at radius 1 is 1.06 bits per heavy atom.